The van der Waals surface area contributed by atoms with Crippen molar-refractivity contribution in [2.24, 2.45) is 5.73 Å². The molecule has 2 aromatic carbocycles. The molecule has 0 fully saturated rings. The van der Waals surface area contributed by atoms with Crippen LogP contribution >= 0.6 is 11.6 Å². The van der Waals surface area contributed by atoms with E-state index in [2.05, 4.69) is 12.2 Å². The summed E-state index contributed by atoms with van der Waals surface area (Å²) in [5.41, 5.74) is 7.51. The van der Waals surface area contributed by atoms with Gasteiger partial charge in [0.25, 0.3) is 0 Å². The fourth-order valence-corrected chi connectivity index (χ4v) is 2.94. The second-order valence-electron chi connectivity index (χ2n) is 6.70. The van der Waals surface area contributed by atoms with Crippen molar-refractivity contribution < 1.29 is 19.1 Å². The number of halogens is 1. The predicted octanol–water partition coefficient (Wildman–Crippen LogP) is 4.21. The lowest BCUT2D eigenvalue weighted by Crippen LogP contribution is -2.34. The number of hydrogen-bond donors (Lipinski definition) is 2. The molecule has 0 saturated carbocycles. The Hall–Kier alpha value is -2.86. The largest absolute Gasteiger partial charge is 0.457 e. The van der Waals surface area contributed by atoms with Crippen LogP contribution in [-0.4, -0.2) is 24.4 Å². The molecule has 1 atom stereocenters. The normalized spacial score (nSPS) is 11.5. The third-order valence-electron chi connectivity index (χ3n) is 4.42. The third-order valence-corrected chi connectivity index (χ3v) is 4.67. The van der Waals surface area contributed by atoms with E-state index in [9.17, 15) is 14.4 Å². The molecule has 0 aliphatic carbocycles. The van der Waals surface area contributed by atoms with Gasteiger partial charge in [0.1, 0.15) is 0 Å². The molecular formula is C22H25ClN2O4. The molecule has 0 spiro atoms. The quantitative estimate of drug-likeness (QED) is 0.447. The van der Waals surface area contributed by atoms with Crippen LogP contribution in [-0.2, 0) is 16.0 Å². The molecule has 6 nitrogen and oxygen atoms in total. The fourth-order valence-electron chi connectivity index (χ4n) is 2.81. The van der Waals surface area contributed by atoms with Crippen LogP contribution in [0.1, 0.15) is 53.7 Å². The summed E-state index contributed by atoms with van der Waals surface area (Å²) in [6.07, 6.45) is 3.02. The molecule has 0 unspecified atom stereocenters. The van der Waals surface area contributed by atoms with E-state index in [-0.39, 0.29) is 18.8 Å². The van der Waals surface area contributed by atoms with Gasteiger partial charge in [0, 0.05) is 10.6 Å². The summed E-state index contributed by atoms with van der Waals surface area (Å²) in [6.45, 7) is 1.76. The molecule has 29 heavy (non-hydrogen) atoms. The lowest BCUT2D eigenvalue weighted by atomic mass is 10.0. The minimum atomic E-state index is -0.767. The standard InChI is InChI=1S/C22H25ClN2O4/c1-2-3-4-15-5-7-17(8-6-15)20(26)14-29-21(27)13-19(25-22(24)28)16-9-11-18(23)12-10-16/h5-12,19H,2-4,13-14H2,1H3,(H3,24,25,28)/t19-/m1/s1. The van der Waals surface area contributed by atoms with Gasteiger partial charge in [-0.1, -0.05) is 61.3 Å². The summed E-state index contributed by atoms with van der Waals surface area (Å²) in [5, 5.41) is 3.03. The fraction of sp³-hybridized carbons (Fsp3) is 0.318. The van der Waals surface area contributed by atoms with Crippen LogP contribution in [0.15, 0.2) is 48.5 Å². The molecule has 0 radical (unpaired) electrons. The molecule has 0 aliphatic rings. The first kappa shape index (κ1) is 22.4. The van der Waals surface area contributed by atoms with E-state index in [0.717, 1.165) is 19.3 Å². The lowest BCUT2D eigenvalue weighted by molar-refractivity contribution is -0.143. The zero-order chi connectivity index (χ0) is 21.2. The monoisotopic (exact) mass is 416 g/mol. The van der Waals surface area contributed by atoms with Crippen LogP contribution < -0.4 is 11.1 Å². The topological polar surface area (TPSA) is 98.5 Å². The van der Waals surface area contributed by atoms with Gasteiger partial charge in [-0.2, -0.15) is 0 Å². The lowest BCUT2D eigenvalue weighted by Gasteiger charge is -2.17. The molecule has 0 heterocycles. The first-order chi connectivity index (χ1) is 13.9. The molecule has 2 amide bonds. The average Bonchev–Trinajstić information content (AvgIpc) is 2.70. The molecule has 0 saturated heterocycles. The molecule has 0 aliphatic heterocycles. The number of urea groups is 1. The second kappa shape index (κ2) is 11.2. The van der Waals surface area contributed by atoms with Crippen molar-refractivity contribution in [2.75, 3.05) is 6.61 Å². The molecular weight excluding hydrogens is 392 g/mol. The molecule has 2 rings (SSSR count). The highest BCUT2D eigenvalue weighted by Gasteiger charge is 2.19. The number of ether oxygens (including phenoxy) is 1. The van der Waals surface area contributed by atoms with Gasteiger partial charge in [-0.05, 0) is 36.1 Å². The zero-order valence-corrected chi connectivity index (χ0v) is 17.1. The van der Waals surface area contributed by atoms with Gasteiger partial charge in [-0.15, -0.1) is 0 Å². The molecule has 3 N–H and O–H groups in total. The number of hydrogen-bond acceptors (Lipinski definition) is 4. The first-order valence-electron chi connectivity index (χ1n) is 9.48. The summed E-state index contributed by atoms with van der Waals surface area (Å²) in [4.78, 5) is 35.7. The summed E-state index contributed by atoms with van der Waals surface area (Å²) in [5.74, 6) is -0.905. The maximum absolute atomic E-state index is 12.3. The highest BCUT2D eigenvalue weighted by Crippen LogP contribution is 2.20. The Labute approximate surface area is 175 Å². The van der Waals surface area contributed by atoms with E-state index in [0.29, 0.717) is 16.1 Å². The third kappa shape index (κ3) is 7.58. The number of aryl methyl sites for hydroxylation is 1. The van der Waals surface area contributed by atoms with E-state index >= 15 is 0 Å². The van der Waals surface area contributed by atoms with E-state index < -0.39 is 18.0 Å². The zero-order valence-electron chi connectivity index (χ0n) is 16.3. The number of nitrogens with one attached hydrogen (secondary N) is 1. The predicted molar refractivity (Wildman–Crippen MR) is 112 cm³/mol. The maximum Gasteiger partial charge on any atom is 0.312 e. The van der Waals surface area contributed by atoms with Crippen LogP contribution in [0.5, 0.6) is 0 Å². The number of nitrogens with two attached hydrogens (primary N) is 1. The van der Waals surface area contributed by atoms with E-state index in [1.165, 1.54) is 5.56 Å². The first-order valence-corrected chi connectivity index (χ1v) is 9.86. The van der Waals surface area contributed by atoms with Gasteiger partial charge in [0.05, 0.1) is 12.5 Å². The van der Waals surface area contributed by atoms with Crippen molar-refractivity contribution in [3.8, 4) is 0 Å². The SMILES string of the molecule is CCCCc1ccc(C(=O)COC(=O)C[C@@H](NC(N)=O)c2ccc(Cl)cc2)cc1. The number of rotatable bonds is 10. The van der Waals surface area contributed by atoms with Crippen LogP contribution in [0.3, 0.4) is 0 Å². The van der Waals surface area contributed by atoms with Crippen molar-refractivity contribution in [3.05, 3.63) is 70.2 Å². The molecule has 0 aromatic heterocycles. The summed E-state index contributed by atoms with van der Waals surface area (Å²) in [6, 6.07) is 12.5. The van der Waals surface area contributed by atoms with Gasteiger partial charge in [0.2, 0.25) is 0 Å². The van der Waals surface area contributed by atoms with Gasteiger partial charge >= 0.3 is 12.0 Å². The molecule has 0 bridgehead atoms. The number of carbonyl (C=O) groups excluding carboxylic acids is 3. The van der Waals surface area contributed by atoms with Crippen molar-refractivity contribution >= 4 is 29.4 Å². The summed E-state index contributed by atoms with van der Waals surface area (Å²) in [7, 11) is 0. The van der Waals surface area contributed by atoms with Gasteiger partial charge in [-0.25, -0.2) is 4.79 Å². The number of primary amides is 1. The minimum Gasteiger partial charge on any atom is -0.457 e. The average molecular weight is 417 g/mol. The number of amides is 2. The van der Waals surface area contributed by atoms with Crippen molar-refractivity contribution in [1.29, 1.82) is 0 Å². The minimum absolute atomic E-state index is 0.159. The number of benzene rings is 2. The Bertz CT molecular complexity index is 835. The van der Waals surface area contributed by atoms with Crippen LogP contribution in [0, 0.1) is 0 Å². The van der Waals surface area contributed by atoms with Gasteiger partial charge in [0.15, 0.2) is 12.4 Å². The molecule has 154 valence electrons. The van der Waals surface area contributed by atoms with Crippen molar-refractivity contribution in [1.82, 2.24) is 5.32 Å². The Balaban J connectivity index is 1.91. The Morgan fingerprint density at radius 2 is 1.72 bits per heavy atom. The second-order valence-corrected chi connectivity index (χ2v) is 7.14. The number of ketones is 1. The van der Waals surface area contributed by atoms with Gasteiger partial charge < -0.3 is 15.8 Å². The number of esters is 1. The van der Waals surface area contributed by atoms with Crippen LogP contribution in [0.25, 0.3) is 0 Å². The molecule has 2 aromatic rings. The highest BCUT2D eigenvalue weighted by atomic mass is 35.5. The Kier molecular flexibility index (Phi) is 8.68. The highest BCUT2D eigenvalue weighted by molar-refractivity contribution is 6.30. The van der Waals surface area contributed by atoms with E-state index in [1.807, 2.05) is 12.1 Å². The van der Waals surface area contributed by atoms with Crippen molar-refractivity contribution in [3.63, 3.8) is 0 Å². The maximum atomic E-state index is 12.3. The number of Topliss-reactive ketones (excluding diaryl/α,β-unsaturated/α-hetero) is 1. The van der Waals surface area contributed by atoms with Gasteiger partial charge in [-0.3, -0.25) is 9.59 Å². The summed E-state index contributed by atoms with van der Waals surface area (Å²) < 4.78 is 5.10. The van der Waals surface area contributed by atoms with E-state index in [1.54, 1.807) is 36.4 Å². The summed E-state index contributed by atoms with van der Waals surface area (Å²) >= 11 is 5.86. The van der Waals surface area contributed by atoms with Crippen molar-refractivity contribution in [2.45, 2.75) is 38.6 Å². The smallest absolute Gasteiger partial charge is 0.312 e. The van der Waals surface area contributed by atoms with Crippen LogP contribution in [0.4, 0.5) is 4.79 Å². The number of carbonyl (C=O) groups is 3. The Morgan fingerprint density at radius 1 is 1.07 bits per heavy atom. The van der Waals surface area contributed by atoms with Crippen LogP contribution in [0.2, 0.25) is 5.02 Å². The Morgan fingerprint density at radius 3 is 2.31 bits per heavy atom. The molecule has 7 heteroatoms. The number of unbranched alkanes of at least 4 members (excludes halogenated alkanes) is 1. The van der Waals surface area contributed by atoms with E-state index in [4.69, 9.17) is 22.1 Å².